The van der Waals surface area contributed by atoms with Gasteiger partial charge in [0, 0.05) is 37.1 Å². The molecule has 2 unspecified atom stereocenters. The van der Waals surface area contributed by atoms with Crippen LogP contribution in [0.5, 0.6) is 5.75 Å². The molecule has 5 rings (SSSR count). The van der Waals surface area contributed by atoms with Gasteiger partial charge in [0.2, 0.25) is 11.7 Å². The van der Waals surface area contributed by atoms with Crippen LogP contribution in [0.4, 0.5) is 0 Å². The topological polar surface area (TPSA) is 131 Å². The first-order chi connectivity index (χ1) is 17.6. The lowest BCUT2D eigenvalue weighted by Crippen LogP contribution is -2.51. The van der Waals surface area contributed by atoms with Crippen molar-refractivity contribution in [3.8, 4) is 17.1 Å². The minimum absolute atomic E-state index is 0.122. The zero-order valence-corrected chi connectivity index (χ0v) is 20.1. The number of hydrogen-bond donors (Lipinski definition) is 2. The van der Waals surface area contributed by atoms with Gasteiger partial charge < -0.3 is 19.9 Å². The third kappa shape index (κ3) is 4.90. The molecule has 0 bridgehead atoms. The number of amides is 1. The minimum Gasteiger partial charge on any atom is -0.497 e. The highest BCUT2D eigenvalue weighted by molar-refractivity contribution is 5.87. The number of hydrogen-bond acceptors (Lipinski definition) is 9. The molecular formula is C26H28N6O4. The van der Waals surface area contributed by atoms with Gasteiger partial charge in [-0.1, -0.05) is 29.5 Å². The molecule has 1 saturated heterocycles. The zero-order chi connectivity index (χ0) is 25.0. The Morgan fingerprint density at radius 3 is 2.89 bits per heavy atom. The number of ketones is 1. The van der Waals surface area contributed by atoms with Crippen LogP contribution in [0.15, 0.2) is 74.7 Å². The number of aryl methyl sites for hydroxylation is 1. The van der Waals surface area contributed by atoms with E-state index in [4.69, 9.17) is 9.26 Å². The predicted octanol–water partition coefficient (Wildman–Crippen LogP) is 3.15. The van der Waals surface area contributed by atoms with Crippen LogP contribution in [0, 0.1) is 11.3 Å². The first kappa shape index (κ1) is 23.8. The van der Waals surface area contributed by atoms with Gasteiger partial charge in [0.25, 0.3) is 5.91 Å². The van der Waals surface area contributed by atoms with Gasteiger partial charge in [-0.25, -0.2) is 0 Å². The fourth-order valence-corrected chi connectivity index (χ4v) is 4.75. The molecule has 1 aliphatic carbocycles. The van der Waals surface area contributed by atoms with Crippen molar-refractivity contribution in [2.75, 3.05) is 26.7 Å². The van der Waals surface area contributed by atoms with Crippen LogP contribution < -0.4 is 15.4 Å². The number of nitrogens with zero attached hydrogens (tertiary/aromatic N) is 4. The zero-order valence-electron chi connectivity index (χ0n) is 20.1. The third-order valence-electron chi connectivity index (χ3n) is 6.85. The van der Waals surface area contributed by atoms with E-state index in [2.05, 4.69) is 31.0 Å². The summed E-state index contributed by atoms with van der Waals surface area (Å²) >= 11 is 0. The lowest BCUT2D eigenvalue weighted by molar-refractivity contribution is -0.129. The molecule has 1 fully saturated rings. The SMILES string of the molecule is COc1ccc(-c2noc(CCC(=O)C3(CNC4=C5C=CC=CC5C(=O)N=N4)CCCNC3)n2)cc1. The Labute approximate surface area is 208 Å². The molecule has 10 heteroatoms. The van der Waals surface area contributed by atoms with Gasteiger partial charge in [0.1, 0.15) is 11.5 Å². The Morgan fingerprint density at radius 1 is 1.25 bits per heavy atom. The number of piperidine rings is 1. The molecule has 36 heavy (non-hydrogen) atoms. The van der Waals surface area contributed by atoms with Crippen molar-refractivity contribution in [1.29, 1.82) is 0 Å². The average molecular weight is 489 g/mol. The molecule has 0 saturated carbocycles. The molecule has 1 aromatic heterocycles. The monoisotopic (exact) mass is 488 g/mol. The maximum atomic E-state index is 13.5. The van der Waals surface area contributed by atoms with Crippen LogP contribution in [-0.2, 0) is 16.0 Å². The van der Waals surface area contributed by atoms with Gasteiger partial charge in [-0.3, -0.25) is 9.59 Å². The van der Waals surface area contributed by atoms with Gasteiger partial charge >= 0.3 is 0 Å². The number of methoxy groups -OCH3 is 1. The molecule has 2 N–H and O–H groups in total. The largest absolute Gasteiger partial charge is 0.497 e. The fraction of sp³-hybridized carbons (Fsp3) is 0.385. The smallest absolute Gasteiger partial charge is 0.276 e. The third-order valence-corrected chi connectivity index (χ3v) is 6.85. The highest BCUT2D eigenvalue weighted by Crippen LogP contribution is 2.32. The maximum absolute atomic E-state index is 13.5. The number of rotatable bonds is 9. The number of carbonyl (C=O) groups excluding carboxylic acids is 2. The van der Waals surface area contributed by atoms with Gasteiger partial charge in [0.05, 0.1) is 18.4 Å². The molecule has 1 aromatic carbocycles. The Kier molecular flexibility index (Phi) is 6.86. The molecule has 0 radical (unpaired) electrons. The number of ether oxygens (including phenoxy) is 1. The van der Waals surface area contributed by atoms with Gasteiger partial charge in [-0.15, -0.1) is 10.2 Å². The molecule has 2 aromatic rings. The van der Waals surface area contributed by atoms with Crippen molar-refractivity contribution in [3.63, 3.8) is 0 Å². The quantitative estimate of drug-likeness (QED) is 0.550. The standard InChI is InChI=1S/C26H28N6O4/c1-35-18-9-7-17(8-10-18)23-29-22(36-32-23)12-11-21(33)26(13-4-14-27-15-26)16-28-24-19-5-2-3-6-20(19)25(34)31-30-24/h2-3,5-10,20,27-28H,4,11-16H2,1H3. The summed E-state index contributed by atoms with van der Waals surface area (Å²) in [4.78, 5) is 30.1. The van der Waals surface area contributed by atoms with Crippen molar-refractivity contribution < 1.29 is 18.8 Å². The van der Waals surface area contributed by atoms with Crippen LogP contribution in [0.3, 0.4) is 0 Å². The van der Waals surface area contributed by atoms with E-state index in [0.717, 1.165) is 36.3 Å². The van der Waals surface area contributed by atoms with Gasteiger partial charge in [-0.2, -0.15) is 4.98 Å². The highest BCUT2D eigenvalue weighted by atomic mass is 16.5. The summed E-state index contributed by atoms with van der Waals surface area (Å²) in [6.45, 7) is 1.84. The number of benzene rings is 1. The Morgan fingerprint density at radius 2 is 2.11 bits per heavy atom. The first-order valence-electron chi connectivity index (χ1n) is 12.1. The molecular weight excluding hydrogens is 460 g/mol. The van der Waals surface area contributed by atoms with E-state index in [9.17, 15) is 9.59 Å². The first-order valence-corrected chi connectivity index (χ1v) is 12.1. The van der Waals surface area contributed by atoms with E-state index < -0.39 is 11.3 Å². The molecule has 1 amide bonds. The number of carbonyl (C=O) groups is 2. The van der Waals surface area contributed by atoms with Crippen molar-refractivity contribution in [2.45, 2.75) is 25.7 Å². The van der Waals surface area contributed by atoms with Gasteiger partial charge in [-0.05, 0) is 43.7 Å². The average Bonchev–Trinajstić information content (AvgIpc) is 3.41. The second kappa shape index (κ2) is 10.4. The number of azo groups is 1. The molecule has 2 aliphatic heterocycles. The van der Waals surface area contributed by atoms with E-state index >= 15 is 0 Å². The Bertz CT molecular complexity index is 1250. The Balaban J connectivity index is 1.25. The van der Waals surface area contributed by atoms with E-state index in [1.54, 1.807) is 7.11 Å². The maximum Gasteiger partial charge on any atom is 0.276 e. The summed E-state index contributed by atoms with van der Waals surface area (Å²) in [6.07, 6.45) is 9.68. The number of fused-ring (bicyclic) bond motifs is 1. The highest BCUT2D eigenvalue weighted by Gasteiger charge is 2.39. The molecule has 186 valence electrons. The fourth-order valence-electron chi connectivity index (χ4n) is 4.75. The van der Waals surface area contributed by atoms with Gasteiger partial charge in [0.15, 0.2) is 5.82 Å². The van der Waals surface area contributed by atoms with Crippen LogP contribution in [0.1, 0.15) is 25.2 Å². The number of allylic oxidation sites excluding steroid dienone is 3. The summed E-state index contributed by atoms with van der Waals surface area (Å²) in [5.74, 6) is 1.60. The molecule has 3 aliphatic rings. The van der Waals surface area contributed by atoms with Crippen molar-refractivity contribution >= 4 is 11.7 Å². The molecule has 3 heterocycles. The minimum atomic E-state index is -0.606. The second-order valence-corrected chi connectivity index (χ2v) is 9.14. The number of Topliss-reactive ketones (excluding diaryl/α,β-unsaturated/α-hetero) is 1. The van der Waals surface area contributed by atoms with Crippen LogP contribution >= 0.6 is 0 Å². The van der Waals surface area contributed by atoms with Crippen molar-refractivity contribution in [2.24, 2.45) is 21.6 Å². The summed E-state index contributed by atoms with van der Waals surface area (Å²) in [5.41, 5.74) is 0.986. The van der Waals surface area contributed by atoms with Crippen molar-refractivity contribution in [1.82, 2.24) is 20.8 Å². The normalized spacial score (nSPS) is 23.0. The van der Waals surface area contributed by atoms with Crippen LogP contribution in [0.25, 0.3) is 11.4 Å². The summed E-state index contributed by atoms with van der Waals surface area (Å²) in [6, 6.07) is 7.39. The lowest BCUT2D eigenvalue weighted by atomic mass is 9.75. The molecule has 0 spiro atoms. The molecule has 2 atom stereocenters. The predicted molar refractivity (Wildman–Crippen MR) is 131 cm³/mol. The van der Waals surface area contributed by atoms with E-state index in [0.29, 0.717) is 37.0 Å². The lowest BCUT2D eigenvalue weighted by Gasteiger charge is -2.37. The van der Waals surface area contributed by atoms with Crippen LogP contribution in [0.2, 0.25) is 0 Å². The van der Waals surface area contributed by atoms with Crippen LogP contribution in [-0.4, -0.2) is 48.6 Å². The van der Waals surface area contributed by atoms with Crippen molar-refractivity contribution in [3.05, 3.63) is 65.9 Å². The summed E-state index contributed by atoms with van der Waals surface area (Å²) < 4.78 is 10.6. The molecule has 10 nitrogen and oxygen atoms in total. The second-order valence-electron chi connectivity index (χ2n) is 9.14. The number of nitrogens with one attached hydrogen (secondary N) is 2. The number of aromatic nitrogens is 2. The Hall–Kier alpha value is -3.92. The van der Waals surface area contributed by atoms with E-state index in [-0.39, 0.29) is 18.1 Å². The van der Waals surface area contributed by atoms with E-state index in [1.165, 1.54) is 0 Å². The van der Waals surface area contributed by atoms with E-state index in [1.807, 2.05) is 48.6 Å². The summed E-state index contributed by atoms with van der Waals surface area (Å²) in [5, 5.41) is 18.6. The summed E-state index contributed by atoms with van der Waals surface area (Å²) in [7, 11) is 1.61.